The molecular formula is C24H25N3O5S. The van der Waals surface area contributed by atoms with Crippen LogP contribution in [0.25, 0.3) is 0 Å². The molecule has 9 heteroatoms. The topological polar surface area (TPSA) is 109 Å². The van der Waals surface area contributed by atoms with Gasteiger partial charge in [0.2, 0.25) is 10.0 Å². The van der Waals surface area contributed by atoms with E-state index in [9.17, 15) is 23.1 Å². The molecule has 4 rings (SSSR count). The van der Waals surface area contributed by atoms with Crippen molar-refractivity contribution < 1.29 is 18.3 Å². The van der Waals surface area contributed by atoms with E-state index < -0.39 is 21.5 Å². The first-order valence-electron chi connectivity index (χ1n) is 10.7. The number of benzene rings is 2. The standard InChI is InChI=1S/C24H25N3O5S/c1-17-6-4-7-18(14-17)16-26-11-5-8-20(24(26)30)23(29)25-21-15-19(9-10-22(21)28)33(31,32)27-12-2-3-13-27/h4-11,14-15,28H,2-3,12-13,16H2,1H3,(H,25,29). The maximum atomic E-state index is 12.9. The molecule has 2 heterocycles. The minimum Gasteiger partial charge on any atom is -0.506 e. The molecule has 1 fully saturated rings. The summed E-state index contributed by atoms with van der Waals surface area (Å²) in [6.07, 6.45) is 3.19. The van der Waals surface area contributed by atoms with E-state index in [0.717, 1.165) is 24.0 Å². The minimum atomic E-state index is -3.73. The van der Waals surface area contributed by atoms with Gasteiger partial charge in [-0.05, 0) is 55.7 Å². The van der Waals surface area contributed by atoms with Crippen LogP contribution in [-0.2, 0) is 16.6 Å². The molecule has 2 aromatic carbocycles. The third kappa shape index (κ3) is 4.84. The lowest BCUT2D eigenvalue weighted by atomic mass is 10.1. The average molecular weight is 468 g/mol. The highest BCUT2D eigenvalue weighted by atomic mass is 32.2. The number of phenolic OH excluding ortho intramolecular Hbond substituents is 1. The van der Waals surface area contributed by atoms with Gasteiger partial charge in [-0.1, -0.05) is 29.8 Å². The Balaban J connectivity index is 1.59. The number of aryl methyl sites for hydroxylation is 1. The molecule has 8 nitrogen and oxygen atoms in total. The number of sulfonamides is 1. The summed E-state index contributed by atoms with van der Waals surface area (Å²) in [5, 5.41) is 12.7. The first-order chi connectivity index (χ1) is 15.8. The highest BCUT2D eigenvalue weighted by Gasteiger charge is 2.28. The molecule has 1 aliphatic rings. The van der Waals surface area contributed by atoms with Crippen LogP contribution >= 0.6 is 0 Å². The molecule has 0 radical (unpaired) electrons. The summed E-state index contributed by atoms with van der Waals surface area (Å²) in [5.41, 5.74) is 1.31. The van der Waals surface area contributed by atoms with Crippen molar-refractivity contribution in [2.75, 3.05) is 18.4 Å². The Morgan fingerprint density at radius 3 is 2.55 bits per heavy atom. The lowest BCUT2D eigenvalue weighted by Crippen LogP contribution is -2.29. The first kappa shape index (κ1) is 22.8. The van der Waals surface area contributed by atoms with E-state index in [1.54, 1.807) is 12.3 Å². The Morgan fingerprint density at radius 1 is 1.06 bits per heavy atom. The van der Waals surface area contributed by atoms with Crippen LogP contribution in [0.4, 0.5) is 5.69 Å². The Morgan fingerprint density at radius 2 is 1.82 bits per heavy atom. The van der Waals surface area contributed by atoms with Gasteiger partial charge >= 0.3 is 0 Å². The molecule has 0 unspecified atom stereocenters. The predicted octanol–water partition coefficient (Wildman–Crippen LogP) is 2.95. The van der Waals surface area contributed by atoms with Crippen molar-refractivity contribution in [3.63, 3.8) is 0 Å². The quantitative estimate of drug-likeness (QED) is 0.542. The van der Waals surface area contributed by atoms with E-state index in [4.69, 9.17) is 0 Å². The maximum absolute atomic E-state index is 12.9. The second-order valence-electron chi connectivity index (χ2n) is 8.09. The number of aromatic hydroxyl groups is 1. The minimum absolute atomic E-state index is 0.0255. The molecule has 1 amide bonds. The number of amides is 1. The zero-order valence-electron chi connectivity index (χ0n) is 18.2. The van der Waals surface area contributed by atoms with Gasteiger partial charge in [-0.15, -0.1) is 0 Å². The summed E-state index contributed by atoms with van der Waals surface area (Å²) < 4.78 is 28.5. The average Bonchev–Trinajstić information content (AvgIpc) is 3.32. The Labute approximate surface area is 192 Å². The highest BCUT2D eigenvalue weighted by Crippen LogP contribution is 2.29. The molecule has 1 aliphatic heterocycles. The molecule has 2 N–H and O–H groups in total. The predicted molar refractivity (Wildman–Crippen MR) is 125 cm³/mol. The van der Waals surface area contributed by atoms with Gasteiger partial charge in [0.1, 0.15) is 11.3 Å². The number of rotatable bonds is 6. The largest absolute Gasteiger partial charge is 0.506 e. The van der Waals surface area contributed by atoms with Crippen LogP contribution in [-0.4, -0.2) is 41.4 Å². The second-order valence-corrected chi connectivity index (χ2v) is 10.0. The van der Waals surface area contributed by atoms with Crippen LogP contribution in [0.1, 0.15) is 34.3 Å². The van der Waals surface area contributed by atoms with E-state index in [-0.39, 0.29) is 21.9 Å². The maximum Gasteiger partial charge on any atom is 0.263 e. The highest BCUT2D eigenvalue weighted by molar-refractivity contribution is 7.89. The molecule has 33 heavy (non-hydrogen) atoms. The summed E-state index contributed by atoms with van der Waals surface area (Å²) in [5.74, 6) is -1.02. The smallest absolute Gasteiger partial charge is 0.263 e. The Kier molecular flexibility index (Phi) is 6.35. The SMILES string of the molecule is Cc1cccc(Cn2cccc(C(=O)Nc3cc(S(=O)(=O)N4CCCC4)ccc3O)c2=O)c1. The molecule has 1 saturated heterocycles. The van der Waals surface area contributed by atoms with Crippen LogP contribution in [0.15, 0.2) is 70.5 Å². The van der Waals surface area contributed by atoms with E-state index in [1.165, 1.54) is 33.1 Å². The molecule has 0 saturated carbocycles. The van der Waals surface area contributed by atoms with Crippen LogP contribution < -0.4 is 10.9 Å². The van der Waals surface area contributed by atoms with Gasteiger partial charge in [0, 0.05) is 19.3 Å². The van der Waals surface area contributed by atoms with Crippen molar-refractivity contribution in [1.82, 2.24) is 8.87 Å². The van der Waals surface area contributed by atoms with Gasteiger partial charge in [0.05, 0.1) is 17.1 Å². The lowest BCUT2D eigenvalue weighted by Gasteiger charge is -2.17. The van der Waals surface area contributed by atoms with Crippen LogP contribution in [0.5, 0.6) is 5.75 Å². The molecule has 0 atom stereocenters. The summed E-state index contributed by atoms with van der Waals surface area (Å²) >= 11 is 0. The molecule has 0 spiro atoms. The normalized spacial score (nSPS) is 14.3. The molecular weight excluding hydrogens is 442 g/mol. The van der Waals surface area contributed by atoms with Gasteiger partial charge in [0.15, 0.2) is 0 Å². The van der Waals surface area contributed by atoms with E-state index in [1.807, 2.05) is 31.2 Å². The van der Waals surface area contributed by atoms with Gasteiger partial charge in [-0.2, -0.15) is 4.31 Å². The molecule has 0 aliphatic carbocycles. The number of carbonyl (C=O) groups is 1. The third-order valence-corrected chi connectivity index (χ3v) is 7.51. The van der Waals surface area contributed by atoms with Crippen molar-refractivity contribution in [3.8, 4) is 5.75 Å². The number of hydrogen-bond donors (Lipinski definition) is 2. The van der Waals surface area contributed by atoms with Crippen LogP contribution in [0, 0.1) is 6.92 Å². The van der Waals surface area contributed by atoms with E-state index >= 15 is 0 Å². The van der Waals surface area contributed by atoms with Crippen molar-refractivity contribution >= 4 is 21.6 Å². The molecule has 0 bridgehead atoms. The number of aromatic nitrogens is 1. The summed E-state index contributed by atoms with van der Waals surface area (Å²) in [6, 6.07) is 14.5. The van der Waals surface area contributed by atoms with E-state index in [2.05, 4.69) is 5.32 Å². The zero-order chi connectivity index (χ0) is 23.6. The fourth-order valence-corrected chi connectivity index (χ4v) is 5.43. The summed E-state index contributed by atoms with van der Waals surface area (Å²) in [6.45, 7) is 3.14. The number of nitrogens with one attached hydrogen (secondary N) is 1. The number of nitrogens with zero attached hydrogens (tertiary/aromatic N) is 2. The lowest BCUT2D eigenvalue weighted by molar-refractivity contribution is 0.102. The van der Waals surface area contributed by atoms with Crippen molar-refractivity contribution in [3.05, 3.63) is 87.8 Å². The van der Waals surface area contributed by atoms with Gasteiger partial charge in [-0.25, -0.2) is 8.42 Å². The summed E-state index contributed by atoms with van der Waals surface area (Å²) in [7, 11) is -3.73. The molecule has 172 valence electrons. The molecule has 3 aromatic rings. The number of phenols is 1. The van der Waals surface area contributed by atoms with Gasteiger partial charge in [0.25, 0.3) is 11.5 Å². The van der Waals surface area contributed by atoms with Crippen molar-refractivity contribution in [1.29, 1.82) is 0 Å². The third-order valence-electron chi connectivity index (χ3n) is 5.62. The number of anilines is 1. The van der Waals surface area contributed by atoms with Crippen molar-refractivity contribution in [2.24, 2.45) is 0 Å². The van der Waals surface area contributed by atoms with Gasteiger partial charge < -0.3 is 15.0 Å². The van der Waals surface area contributed by atoms with Gasteiger partial charge in [-0.3, -0.25) is 9.59 Å². The Bertz CT molecular complexity index is 1360. The van der Waals surface area contributed by atoms with Crippen LogP contribution in [0.3, 0.4) is 0 Å². The summed E-state index contributed by atoms with van der Waals surface area (Å²) in [4.78, 5) is 25.8. The number of hydrogen-bond acceptors (Lipinski definition) is 5. The second kappa shape index (κ2) is 9.21. The number of pyridine rings is 1. The first-order valence-corrected chi connectivity index (χ1v) is 12.1. The fourth-order valence-electron chi connectivity index (χ4n) is 3.88. The van der Waals surface area contributed by atoms with Crippen LogP contribution in [0.2, 0.25) is 0 Å². The zero-order valence-corrected chi connectivity index (χ0v) is 19.0. The molecule has 1 aromatic heterocycles. The number of carbonyl (C=O) groups excluding carboxylic acids is 1. The fraction of sp³-hybridized carbons (Fsp3) is 0.250. The van der Waals surface area contributed by atoms with Crippen molar-refractivity contribution in [2.45, 2.75) is 31.2 Å². The van der Waals surface area contributed by atoms with E-state index in [0.29, 0.717) is 19.6 Å². The monoisotopic (exact) mass is 467 g/mol. The Hall–Kier alpha value is -3.43.